The molecule has 1 aromatic heterocycles. The highest BCUT2D eigenvalue weighted by atomic mass is 16.5. The molecule has 0 unspecified atom stereocenters. The third-order valence-electron chi connectivity index (χ3n) is 1.24. The maximum absolute atomic E-state index is 11.0. The highest BCUT2D eigenvalue weighted by molar-refractivity contribution is 5.74. The van der Waals surface area contributed by atoms with Crippen molar-refractivity contribution in [1.82, 2.24) is 4.57 Å². The van der Waals surface area contributed by atoms with Crippen molar-refractivity contribution in [1.29, 1.82) is 0 Å². The fourth-order valence-electron chi connectivity index (χ4n) is 0.753. The maximum Gasteiger partial charge on any atom is 0.419 e. The maximum atomic E-state index is 11.0. The molecule has 0 aliphatic carbocycles. The zero-order valence-electron chi connectivity index (χ0n) is 6.28. The van der Waals surface area contributed by atoms with E-state index in [-0.39, 0.29) is 0 Å². The van der Waals surface area contributed by atoms with Crippen molar-refractivity contribution in [2.24, 2.45) is 0 Å². The second-order valence-corrected chi connectivity index (χ2v) is 2.00. The summed E-state index contributed by atoms with van der Waals surface area (Å²) in [4.78, 5) is 11.0. The van der Waals surface area contributed by atoms with E-state index < -0.39 is 6.09 Å². The Morgan fingerprint density at radius 3 is 3.00 bits per heavy atom. The first-order chi connectivity index (χ1) is 5.25. The summed E-state index contributed by atoms with van der Waals surface area (Å²) in [5.41, 5.74) is 5.43. The second-order valence-electron chi connectivity index (χ2n) is 2.00. The van der Waals surface area contributed by atoms with Gasteiger partial charge in [0.25, 0.3) is 0 Å². The van der Waals surface area contributed by atoms with Gasteiger partial charge in [-0.1, -0.05) is 0 Å². The predicted molar refractivity (Wildman–Crippen MR) is 41.3 cm³/mol. The molecule has 4 heteroatoms. The summed E-state index contributed by atoms with van der Waals surface area (Å²) in [5, 5.41) is 0. The van der Waals surface area contributed by atoms with E-state index in [0.717, 1.165) is 0 Å². The Kier molecular flexibility index (Phi) is 2.15. The molecular formula is C7H10N2O2. The zero-order valence-corrected chi connectivity index (χ0v) is 6.28. The number of aromatic nitrogens is 1. The summed E-state index contributed by atoms with van der Waals surface area (Å²) in [5.74, 6) is 0.392. The van der Waals surface area contributed by atoms with Gasteiger partial charge in [-0.15, -0.1) is 0 Å². The standard InChI is InChI=1S/C7H10N2O2/c1-2-11-7(10)9-5-3-4-6(9)8/h3-5H,2,8H2,1H3. The largest absolute Gasteiger partial charge is 0.449 e. The molecule has 2 N–H and O–H groups in total. The first kappa shape index (κ1) is 7.65. The Morgan fingerprint density at radius 1 is 1.82 bits per heavy atom. The topological polar surface area (TPSA) is 57.2 Å². The van der Waals surface area contributed by atoms with Crippen LogP contribution < -0.4 is 5.73 Å². The van der Waals surface area contributed by atoms with E-state index in [1.807, 2.05) is 0 Å². The minimum absolute atomic E-state index is 0.358. The van der Waals surface area contributed by atoms with Gasteiger partial charge in [-0.2, -0.15) is 0 Å². The van der Waals surface area contributed by atoms with Gasteiger partial charge >= 0.3 is 6.09 Å². The molecule has 0 amide bonds. The lowest BCUT2D eigenvalue weighted by atomic mass is 10.6. The van der Waals surface area contributed by atoms with Crippen LogP contribution in [0.3, 0.4) is 0 Å². The lowest BCUT2D eigenvalue weighted by Gasteiger charge is -2.02. The van der Waals surface area contributed by atoms with Crippen molar-refractivity contribution >= 4 is 11.9 Å². The number of carbonyl (C=O) groups is 1. The number of nitrogens with two attached hydrogens (primary N) is 1. The van der Waals surface area contributed by atoms with Crippen molar-refractivity contribution in [3.8, 4) is 0 Å². The highest BCUT2D eigenvalue weighted by Gasteiger charge is 2.05. The van der Waals surface area contributed by atoms with Crippen molar-refractivity contribution in [3.63, 3.8) is 0 Å². The highest BCUT2D eigenvalue weighted by Crippen LogP contribution is 2.03. The third-order valence-corrected chi connectivity index (χ3v) is 1.24. The summed E-state index contributed by atoms with van der Waals surface area (Å²) >= 11 is 0. The van der Waals surface area contributed by atoms with Crippen LogP contribution in [0.4, 0.5) is 10.6 Å². The monoisotopic (exact) mass is 154 g/mol. The molecule has 0 aliphatic heterocycles. The summed E-state index contributed by atoms with van der Waals surface area (Å²) in [7, 11) is 0. The van der Waals surface area contributed by atoms with E-state index in [1.54, 1.807) is 25.3 Å². The van der Waals surface area contributed by atoms with Crippen LogP contribution in [-0.2, 0) is 4.74 Å². The van der Waals surface area contributed by atoms with Crippen LogP contribution in [0.2, 0.25) is 0 Å². The molecule has 0 radical (unpaired) electrons. The van der Waals surface area contributed by atoms with Crippen molar-refractivity contribution in [2.45, 2.75) is 6.92 Å². The van der Waals surface area contributed by atoms with Crippen molar-refractivity contribution in [2.75, 3.05) is 12.3 Å². The summed E-state index contributed by atoms with van der Waals surface area (Å²) in [6, 6.07) is 3.32. The molecule has 1 rings (SSSR count). The number of anilines is 1. The number of nitrogen functional groups attached to an aromatic ring is 1. The Balaban J connectivity index is 2.76. The smallest absolute Gasteiger partial charge is 0.419 e. The molecule has 0 aromatic carbocycles. The van der Waals surface area contributed by atoms with Crippen LogP contribution in [0, 0.1) is 0 Å². The quantitative estimate of drug-likeness (QED) is 0.658. The summed E-state index contributed by atoms with van der Waals surface area (Å²) in [6.07, 6.45) is 1.13. The number of rotatable bonds is 1. The number of nitrogens with zero attached hydrogens (tertiary/aromatic N) is 1. The molecule has 60 valence electrons. The van der Waals surface area contributed by atoms with Crippen LogP contribution in [0.25, 0.3) is 0 Å². The van der Waals surface area contributed by atoms with Gasteiger partial charge in [0.15, 0.2) is 0 Å². The van der Waals surface area contributed by atoms with Gasteiger partial charge in [0.05, 0.1) is 6.61 Å². The van der Waals surface area contributed by atoms with E-state index in [0.29, 0.717) is 12.4 Å². The predicted octanol–water partition coefficient (Wildman–Crippen LogP) is 1.07. The Labute approximate surface area is 64.6 Å². The van der Waals surface area contributed by atoms with Gasteiger partial charge in [-0.25, -0.2) is 9.36 Å². The van der Waals surface area contributed by atoms with Crippen LogP contribution in [0.5, 0.6) is 0 Å². The number of hydrogen-bond donors (Lipinski definition) is 1. The SMILES string of the molecule is CCOC(=O)n1cccc1N. The van der Waals surface area contributed by atoms with Crippen molar-refractivity contribution in [3.05, 3.63) is 18.3 Å². The normalized spacial score (nSPS) is 9.55. The fraction of sp³-hybridized carbons (Fsp3) is 0.286. The summed E-state index contributed by atoms with van der Waals surface area (Å²) < 4.78 is 5.96. The molecule has 0 saturated heterocycles. The van der Waals surface area contributed by atoms with Gasteiger partial charge < -0.3 is 10.5 Å². The molecular weight excluding hydrogens is 144 g/mol. The molecule has 4 nitrogen and oxygen atoms in total. The first-order valence-corrected chi connectivity index (χ1v) is 3.35. The minimum atomic E-state index is -0.435. The fourth-order valence-corrected chi connectivity index (χ4v) is 0.753. The van der Waals surface area contributed by atoms with E-state index >= 15 is 0 Å². The first-order valence-electron chi connectivity index (χ1n) is 3.35. The van der Waals surface area contributed by atoms with Crippen LogP contribution in [-0.4, -0.2) is 17.3 Å². The van der Waals surface area contributed by atoms with E-state index in [4.69, 9.17) is 10.5 Å². The molecule has 11 heavy (non-hydrogen) atoms. The molecule has 0 fully saturated rings. The Bertz CT molecular complexity index is 255. The number of carbonyl (C=O) groups excluding carboxylic acids is 1. The van der Waals surface area contributed by atoms with Crippen LogP contribution in [0.15, 0.2) is 18.3 Å². The average Bonchev–Trinajstić information content (AvgIpc) is 2.36. The number of hydrogen-bond acceptors (Lipinski definition) is 3. The Morgan fingerprint density at radius 2 is 2.55 bits per heavy atom. The lowest BCUT2D eigenvalue weighted by Crippen LogP contribution is -2.14. The molecule has 1 heterocycles. The van der Waals surface area contributed by atoms with Gasteiger partial charge in [-0.3, -0.25) is 0 Å². The van der Waals surface area contributed by atoms with Gasteiger partial charge in [0, 0.05) is 6.20 Å². The second kappa shape index (κ2) is 3.09. The Hall–Kier alpha value is -1.45. The van der Waals surface area contributed by atoms with E-state index in [9.17, 15) is 4.79 Å². The van der Waals surface area contributed by atoms with Gasteiger partial charge in [0.2, 0.25) is 0 Å². The average molecular weight is 154 g/mol. The molecule has 0 spiro atoms. The third kappa shape index (κ3) is 1.52. The van der Waals surface area contributed by atoms with Crippen molar-refractivity contribution < 1.29 is 9.53 Å². The van der Waals surface area contributed by atoms with Gasteiger partial charge in [-0.05, 0) is 19.1 Å². The van der Waals surface area contributed by atoms with E-state index in [2.05, 4.69) is 0 Å². The number of ether oxygens (including phenoxy) is 1. The van der Waals surface area contributed by atoms with Crippen LogP contribution in [0.1, 0.15) is 6.92 Å². The van der Waals surface area contributed by atoms with Crippen LogP contribution >= 0.6 is 0 Å². The molecule has 0 bridgehead atoms. The van der Waals surface area contributed by atoms with Gasteiger partial charge in [0.1, 0.15) is 5.82 Å². The van der Waals surface area contributed by atoms with E-state index in [1.165, 1.54) is 4.57 Å². The molecule has 0 aliphatic rings. The molecule has 0 atom stereocenters. The molecule has 0 saturated carbocycles. The lowest BCUT2D eigenvalue weighted by molar-refractivity contribution is 0.154. The minimum Gasteiger partial charge on any atom is -0.449 e. The molecule has 1 aromatic rings. The zero-order chi connectivity index (χ0) is 8.27. The summed E-state index contributed by atoms with van der Waals surface area (Å²) in [6.45, 7) is 2.11.